The van der Waals surface area contributed by atoms with E-state index in [1.165, 1.54) is 0 Å². The van der Waals surface area contributed by atoms with Crippen molar-refractivity contribution in [2.45, 2.75) is 38.3 Å². The Balaban J connectivity index is 1.83. The van der Waals surface area contributed by atoms with E-state index in [4.69, 9.17) is 11.0 Å². The summed E-state index contributed by atoms with van der Waals surface area (Å²) in [5.74, 6) is 1.52. The first-order valence-corrected chi connectivity index (χ1v) is 8.43. The Morgan fingerprint density at radius 3 is 2.95 bits per heavy atom. The lowest BCUT2D eigenvalue weighted by atomic mass is 9.89. The van der Waals surface area contributed by atoms with Crippen LogP contribution in [0, 0.1) is 16.7 Å². The number of fused-ring (bicyclic) bond motifs is 1. The molecular weight excluding hydrogens is 288 g/mol. The van der Waals surface area contributed by atoms with Gasteiger partial charge in [0, 0.05) is 5.75 Å². The second-order valence-electron chi connectivity index (χ2n) is 5.33. The second kappa shape index (κ2) is 6.42. The molecule has 0 unspecified atom stereocenters. The van der Waals surface area contributed by atoms with Gasteiger partial charge in [-0.25, -0.2) is 9.97 Å². The van der Waals surface area contributed by atoms with Crippen LogP contribution in [-0.2, 0) is 0 Å². The first kappa shape index (κ1) is 15.1. The van der Waals surface area contributed by atoms with Crippen molar-refractivity contribution < 1.29 is 0 Å². The van der Waals surface area contributed by atoms with Crippen molar-refractivity contribution in [2.75, 3.05) is 11.5 Å². The number of hydrogen-bond acceptors (Lipinski definition) is 6. The minimum Gasteiger partial charge on any atom is -0.383 e. The van der Waals surface area contributed by atoms with Gasteiger partial charge in [0.2, 0.25) is 0 Å². The number of aromatic nitrogens is 2. The van der Waals surface area contributed by atoms with Crippen LogP contribution in [0.3, 0.4) is 0 Å². The summed E-state index contributed by atoms with van der Waals surface area (Å²) < 4.78 is 0. The predicted molar refractivity (Wildman–Crippen MR) is 85.8 cm³/mol. The van der Waals surface area contributed by atoms with Crippen LogP contribution >= 0.6 is 23.1 Å². The van der Waals surface area contributed by atoms with Crippen molar-refractivity contribution >= 4 is 39.1 Å². The average molecular weight is 306 g/mol. The van der Waals surface area contributed by atoms with E-state index in [0.29, 0.717) is 5.82 Å². The molecule has 2 aromatic heterocycles. The van der Waals surface area contributed by atoms with Gasteiger partial charge < -0.3 is 5.73 Å². The fraction of sp³-hybridized carbons (Fsp3) is 0.500. The SMILES string of the molecule is CC(C)(C#N)CCCCSc1nc(N)c2ccsc2n1. The predicted octanol–water partition coefficient (Wildman–Crippen LogP) is 4.09. The van der Waals surface area contributed by atoms with Crippen LogP contribution in [0.25, 0.3) is 10.2 Å². The number of thiophene rings is 1. The summed E-state index contributed by atoms with van der Waals surface area (Å²) in [5, 5.41) is 12.6. The molecule has 2 N–H and O–H groups in total. The van der Waals surface area contributed by atoms with Gasteiger partial charge in [-0.2, -0.15) is 5.26 Å². The van der Waals surface area contributed by atoms with Crippen LogP contribution in [0.5, 0.6) is 0 Å². The largest absolute Gasteiger partial charge is 0.383 e. The average Bonchev–Trinajstić information content (AvgIpc) is 2.87. The molecule has 0 aromatic carbocycles. The van der Waals surface area contributed by atoms with E-state index in [9.17, 15) is 0 Å². The van der Waals surface area contributed by atoms with Crippen molar-refractivity contribution in [3.05, 3.63) is 11.4 Å². The lowest BCUT2D eigenvalue weighted by molar-refractivity contribution is 0.433. The van der Waals surface area contributed by atoms with Gasteiger partial charge in [-0.1, -0.05) is 18.2 Å². The molecule has 6 heteroatoms. The zero-order valence-corrected chi connectivity index (χ0v) is 13.4. The summed E-state index contributed by atoms with van der Waals surface area (Å²) in [6.07, 6.45) is 3.03. The molecule has 0 bridgehead atoms. The van der Waals surface area contributed by atoms with Crippen LogP contribution in [0.4, 0.5) is 5.82 Å². The van der Waals surface area contributed by atoms with E-state index in [-0.39, 0.29) is 5.41 Å². The number of hydrogen-bond donors (Lipinski definition) is 1. The van der Waals surface area contributed by atoms with Gasteiger partial charge in [0.15, 0.2) is 5.16 Å². The third-order valence-electron chi connectivity index (χ3n) is 3.06. The number of thioether (sulfide) groups is 1. The number of rotatable bonds is 6. The lowest BCUT2D eigenvalue weighted by Crippen LogP contribution is -2.07. The molecule has 20 heavy (non-hydrogen) atoms. The lowest BCUT2D eigenvalue weighted by Gasteiger charge is -2.13. The third kappa shape index (κ3) is 3.84. The first-order valence-electron chi connectivity index (χ1n) is 6.56. The van der Waals surface area contributed by atoms with Crippen LogP contribution in [0.1, 0.15) is 33.1 Å². The van der Waals surface area contributed by atoms with E-state index < -0.39 is 0 Å². The van der Waals surface area contributed by atoms with Crippen molar-refractivity contribution in [3.63, 3.8) is 0 Å². The number of unbranched alkanes of at least 4 members (excludes halogenated alkanes) is 1. The molecule has 0 aliphatic carbocycles. The smallest absolute Gasteiger partial charge is 0.190 e. The van der Waals surface area contributed by atoms with E-state index >= 15 is 0 Å². The number of nitrogen functional groups attached to an aromatic ring is 1. The molecule has 0 fully saturated rings. The standard InChI is InChI=1S/C14H18N4S2/c1-14(2,9-15)6-3-4-7-20-13-17-11(16)10-5-8-19-12(10)18-13/h5,8H,3-4,6-7H2,1-2H3,(H2,16,17,18). The van der Waals surface area contributed by atoms with E-state index in [0.717, 1.165) is 40.4 Å². The molecular formula is C14H18N4S2. The maximum absolute atomic E-state index is 8.95. The van der Waals surface area contributed by atoms with Gasteiger partial charge in [0.1, 0.15) is 10.6 Å². The maximum atomic E-state index is 8.95. The fourth-order valence-corrected chi connectivity index (χ4v) is 3.49. The van der Waals surface area contributed by atoms with Crippen LogP contribution in [0.15, 0.2) is 16.6 Å². The summed E-state index contributed by atoms with van der Waals surface area (Å²) in [6.45, 7) is 3.96. The molecule has 0 aliphatic heterocycles. The molecule has 2 rings (SSSR count). The number of nitrogens with two attached hydrogens (primary N) is 1. The molecule has 2 heterocycles. The molecule has 0 radical (unpaired) electrons. The van der Waals surface area contributed by atoms with Crippen LogP contribution in [0.2, 0.25) is 0 Å². The Morgan fingerprint density at radius 1 is 1.40 bits per heavy atom. The highest BCUT2D eigenvalue weighted by Gasteiger charge is 2.15. The van der Waals surface area contributed by atoms with Crippen molar-refractivity contribution in [1.82, 2.24) is 9.97 Å². The normalized spacial score (nSPS) is 11.7. The summed E-state index contributed by atoms with van der Waals surface area (Å²) in [6, 6.07) is 4.28. The summed E-state index contributed by atoms with van der Waals surface area (Å²) in [5.41, 5.74) is 5.69. The third-order valence-corrected chi connectivity index (χ3v) is 4.80. The Hall–Kier alpha value is -1.32. The van der Waals surface area contributed by atoms with Crippen molar-refractivity contribution in [2.24, 2.45) is 5.41 Å². The van der Waals surface area contributed by atoms with Crippen LogP contribution in [-0.4, -0.2) is 15.7 Å². The topological polar surface area (TPSA) is 75.6 Å². The minimum absolute atomic E-state index is 0.221. The van der Waals surface area contributed by atoms with Gasteiger partial charge in [-0.15, -0.1) is 11.3 Å². The molecule has 4 nitrogen and oxygen atoms in total. The van der Waals surface area contributed by atoms with Crippen molar-refractivity contribution in [1.29, 1.82) is 5.26 Å². The molecule has 0 aliphatic rings. The summed E-state index contributed by atoms with van der Waals surface area (Å²) >= 11 is 3.22. The van der Waals surface area contributed by atoms with Gasteiger partial charge in [-0.05, 0) is 38.1 Å². The van der Waals surface area contributed by atoms with Gasteiger partial charge in [0.25, 0.3) is 0 Å². The zero-order valence-electron chi connectivity index (χ0n) is 11.7. The molecule has 0 saturated heterocycles. The van der Waals surface area contributed by atoms with Crippen LogP contribution < -0.4 is 5.73 Å². The van der Waals surface area contributed by atoms with Gasteiger partial charge >= 0.3 is 0 Å². The fourth-order valence-electron chi connectivity index (χ4n) is 1.81. The Kier molecular flexibility index (Phi) is 4.84. The molecule has 0 spiro atoms. The van der Waals surface area contributed by atoms with E-state index in [1.54, 1.807) is 23.1 Å². The van der Waals surface area contributed by atoms with Crippen molar-refractivity contribution in [3.8, 4) is 6.07 Å². The second-order valence-corrected chi connectivity index (χ2v) is 7.29. The number of nitriles is 1. The molecule has 106 valence electrons. The molecule has 2 aromatic rings. The number of anilines is 1. The highest BCUT2D eigenvalue weighted by Crippen LogP contribution is 2.27. The Bertz CT molecular complexity index is 628. The summed E-state index contributed by atoms with van der Waals surface area (Å²) in [7, 11) is 0. The Morgan fingerprint density at radius 2 is 2.20 bits per heavy atom. The van der Waals surface area contributed by atoms with E-state index in [1.807, 2.05) is 25.3 Å². The number of nitrogens with zero attached hydrogens (tertiary/aromatic N) is 3. The quantitative estimate of drug-likeness (QED) is 0.494. The van der Waals surface area contributed by atoms with Gasteiger partial charge in [0.05, 0.1) is 16.9 Å². The monoisotopic (exact) mass is 306 g/mol. The maximum Gasteiger partial charge on any atom is 0.190 e. The molecule has 0 amide bonds. The molecule has 0 atom stereocenters. The Labute approximate surface area is 127 Å². The zero-order chi connectivity index (χ0) is 14.6. The van der Waals surface area contributed by atoms with E-state index in [2.05, 4.69) is 16.0 Å². The highest BCUT2D eigenvalue weighted by atomic mass is 32.2. The minimum atomic E-state index is -0.221. The highest BCUT2D eigenvalue weighted by molar-refractivity contribution is 7.99. The van der Waals surface area contributed by atoms with Gasteiger partial charge in [-0.3, -0.25) is 0 Å². The first-order chi connectivity index (χ1) is 9.52. The summed E-state index contributed by atoms with van der Waals surface area (Å²) in [4.78, 5) is 9.77. The molecule has 0 saturated carbocycles.